The maximum atomic E-state index is 5.14. The van der Waals surface area contributed by atoms with Crippen LogP contribution in [0.3, 0.4) is 0 Å². The van der Waals surface area contributed by atoms with Crippen molar-refractivity contribution >= 4 is 0 Å². The van der Waals surface area contributed by atoms with E-state index in [4.69, 9.17) is 4.74 Å². The van der Waals surface area contributed by atoms with Gasteiger partial charge >= 0.3 is 0 Å². The zero-order valence-electron chi connectivity index (χ0n) is 10.6. The van der Waals surface area contributed by atoms with E-state index in [2.05, 4.69) is 40.5 Å². The van der Waals surface area contributed by atoms with Gasteiger partial charge < -0.3 is 10.1 Å². The van der Waals surface area contributed by atoms with Gasteiger partial charge in [0.2, 0.25) is 0 Å². The first-order chi connectivity index (χ1) is 8.38. The summed E-state index contributed by atoms with van der Waals surface area (Å²) in [6, 6.07) is 11.3. The molecule has 1 aromatic carbocycles. The Morgan fingerprint density at radius 1 is 1.35 bits per heavy atom. The molecule has 1 aromatic rings. The fourth-order valence-corrected chi connectivity index (χ4v) is 2.35. The minimum absolute atomic E-state index is 0.572. The average molecular weight is 234 g/mol. The number of benzene rings is 1. The summed E-state index contributed by atoms with van der Waals surface area (Å²) in [7, 11) is 1.77. The molecule has 2 rings (SSSR count). The zero-order valence-corrected chi connectivity index (χ0v) is 10.6. The lowest BCUT2D eigenvalue weighted by atomic mass is 10.0. The highest BCUT2D eigenvalue weighted by Gasteiger charge is 2.18. The van der Waals surface area contributed by atoms with E-state index in [1.54, 1.807) is 7.11 Å². The van der Waals surface area contributed by atoms with Crippen molar-refractivity contribution in [1.82, 2.24) is 10.2 Å². The molecular formula is C14H22N2O. The van der Waals surface area contributed by atoms with Crippen molar-refractivity contribution in [2.24, 2.45) is 0 Å². The molecule has 1 saturated heterocycles. The molecular weight excluding hydrogens is 212 g/mol. The van der Waals surface area contributed by atoms with Gasteiger partial charge in [0.05, 0.1) is 6.61 Å². The smallest absolute Gasteiger partial charge is 0.0589 e. The van der Waals surface area contributed by atoms with Gasteiger partial charge in [0.1, 0.15) is 0 Å². The van der Waals surface area contributed by atoms with Crippen LogP contribution in [0.1, 0.15) is 5.56 Å². The molecule has 3 nitrogen and oxygen atoms in total. The molecule has 1 aliphatic heterocycles. The average Bonchev–Trinajstić information content (AvgIpc) is 2.38. The summed E-state index contributed by atoms with van der Waals surface area (Å²) < 4.78 is 5.14. The van der Waals surface area contributed by atoms with Gasteiger partial charge in [-0.2, -0.15) is 0 Å². The highest BCUT2D eigenvalue weighted by atomic mass is 16.5. The molecule has 1 fully saturated rings. The first-order valence-electron chi connectivity index (χ1n) is 6.37. The van der Waals surface area contributed by atoms with E-state index in [9.17, 15) is 0 Å². The Labute approximate surface area is 104 Å². The third-order valence-corrected chi connectivity index (χ3v) is 3.28. The molecule has 0 bridgehead atoms. The molecule has 17 heavy (non-hydrogen) atoms. The summed E-state index contributed by atoms with van der Waals surface area (Å²) >= 11 is 0. The number of nitrogens with zero attached hydrogens (tertiary/aromatic N) is 1. The van der Waals surface area contributed by atoms with Crippen LogP contribution < -0.4 is 5.32 Å². The molecule has 0 amide bonds. The maximum Gasteiger partial charge on any atom is 0.0589 e. The Morgan fingerprint density at radius 2 is 2.18 bits per heavy atom. The first-order valence-corrected chi connectivity index (χ1v) is 6.37. The van der Waals surface area contributed by atoms with Gasteiger partial charge in [0.15, 0.2) is 0 Å². The standard InChI is InChI=1S/C14H22N2O/c1-17-10-9-16-8-7-15-14(12-16)11-13-5-3-2-4-6-13/h2-6,14-15H,7-12H2,1H3. The van der Waals surface area contributed by atoms with Gasteiger partial charge in [-0.05, 0) is 12.0 Å². The van der Waals surface area contributed by atoms with E-state index in [0.29, 0.717) is 6.04 Å². The van der Waals surface area contributed by atoms with Gasteiger partial charge in [-0.25, -0.2) is 0 Å². The van der Waals surface area contributed by atoms with E-state index < -0.39 is 0 Å². The monoisotopic (exact) mass is 234 g/mol. The first kappa shape index (κ1) is 12.6. The molecule has 0 radical (unpaired) electrons. The van der Waals surface area contributed by atoms with E-state index in [1.165, 1.54) is 5.56 Å². The van der Waals surface area contributed by atoms with Crippen molar-refractivity contribution in [3.8, 4) is 0 Å². The van der Waals surface area contributed by atoms with E-state index in [-0.39, 0.29) is 0 Å². The predicted molar refractivity (Wildman–Crippen MR) is 70.3 cm³/mol. The molecule has 1 atom stereocenters. The van der Waals surface area contributed by atoms with Crippen molar-refractivity contribution < 1.29 is 4.74 Å². The van der Waals surface area contributed by atoms with Crippen LogP contribution in [-0.2, 0) is 11.2 Å². The fourth-order valence-electron chi connectivity index (χ4n) is 2.35. The van der Waals surface area contributed by atoms with Gasteiger partial charge in [-0.3, -0.25) is 4.90 Å². The second-order valence-corrected chi connectivity index (χ2v) is 4.63. The Kier molecular flexibility index (Phi) is 4.98. The normalized spacial score (nSPS) is 21.6. The lowest BCUT2D eigenvalue weighted by Gasteiger charge is -2.33. The minimum atomic E-state index is 0.572. The highest BCUT2D eigenvalue weighted by Crippen LogP contribution is 2.07. The number of rotatable bonds is 5. The van der Waals surface area contributed by atoms with E-state index in [0.717, 1.165) is 39.2 Å². The second kappa shape index (κ2) is 6.74. The number of nitrogens with one attached hydrogen (secondary N) is 1. The van der Waals surface area contributed by atoms with Crippen LogP contribution in [0.15, 0.2) is 30.3 Å². The molecule has 3 heteroatoms. The van der Waals surface area contributed by atoms with Crippen LogP contribution in [0.4, 0.5) is 0 Å². The van der Waals surface area contributed by atoms with Crippen LogP contribution in [0.5, 0.6) is 0 Å². The van der Waals surface area contributed by atoms with Crippen molar-refractivity contribution in [1.29, 1.82) is 0 Å². The number of hydrogen-bond acceptors (Lipinski definition) is 3. The molecule has 1 unspecified atom stereocenters. The molecule has 0 spiro atoms. The number of piperazine rings is 1. The summed E-state index contributed by atoms with van der Waals surface area (Å²) in [5.41, 5.74) is 1.42. The Balaban J connectivity index is 1.81. The van der Waals surface area contributed by atoms with E-state index >= 15 is 0 Å². The minimum Gasteiger partial charge on any atom is -0.383 e. The molecule has 0 aliphatic carbocycles. The lowest BCUT2D eigenvalue weighted by molar-refractivity contribution is 0.126. The topological polar surface area (TPSA) is 24.5 Å². The Hall–Kier alpha value is -0.900. The van der Waals surface area contributed by atoms with Crippen molar-refractivity contribution in [2.75, 3.05) is 39.9 Å². The second-order valence-electron chi connectivity index (χ2n) is 4.63. The lowest BCUT2D eigenvalue weighted by Crippen LogP contribution is -2.52. The van der Waals surface area contributed by atoms with Crippen molar-refractivity contribution in [3.63, 3.8) is 0 Å². The Morgan fingerprint density at radius 3 is 2.94 bits per heavy atom. The van der Waals surface area contributed by atoms with Gasteiger partial charge in [0.25, 0.3) is 0 Å². The summed E-state index contributed by atoms with van der Waals surface area (Å²) in [5, 5.41) is 3.59. The highest BCUT2D eigenvalue weighted by molar-refractivity contribution is 5.16. The number of hydrogen-bond donors (Lipinski definition) is 1. The molecule has 1 aliphatic rings. The molecule has 1 N–H and O–H groups in total. The molecule has 1 heterocycles. The van der Waals surface area contributed by atoms with Crippen LogP contribution in [0.2, 0.25) is 0 Å². The molecule has 0 aromatic heterocycles. The quantitative estimate of drug-likeness (QED) is 0.827. The SMILES string of the molecule is COCCN1CCNC(Cc2ccccc2)C1. The predicted octanol–water partition coefficient (Wildman–Crippen LogP) is 1.15. The van der Waals surface area contributed by atoms with Crippen LogP contribution >= 0.6 is 0 Å². The van der Waals surface area contributed by atoms with Crippen LogP contribution in [0, 0.1) is 0 Å². The number of ether oxygens (including phenoxy) is 1. The fraction of sp³-hybridized carbons (Fsp3) is 0.571. The van der Waals surface area contributed by atoms with Crippen molar-refractivity contribution in [2.45, 2.75) is 12.5 Å². The van der Waals surface area contributed by atoms with Gasteiger partial charge in [0, 0.05) is 39.3 Å². The van der Waals surface area contributed by atoms with Crippen LogP contribution in [0.25, 0.3) is 0 Å². The molecule has 94 valence electrons. The third kappa shape index (κ3) is 4.11. The Bertz CT molecular complexity index is 315. The van der Waals surface area contributed by atoms with Gasteiger partial charge in [-0.1, -0.05) is 30.3 Å². The maximum absolute atomic E-state index is 5.14. The third-order valence-electron chi connectivity index (χ3n) is 3.28. The summed E-state index contributed by atoms with van der Waals surface area (Å²) in [6.45, 7) is 5.22. The van der Waals surface area contributed by atoms with Crippen molar-refractivity contribution in [3.05, 3.63) is 35.9 Å². The van der Waals surface area contributed by atoms with Crippen LogP contribution in [-0.4, -0.2) is 50.8 Å². The van der Waals surface area contributed by atoms with E-state index in [1.807, 2.05) is 0 Å². The zero-order chi connectivity index (χ0) is 11.9. The summed E-state index contributed by atoms with van der Waals surface area (Å²) in [5.74, 6) is 0. The summed E-state index contributed by atoms with van der Waals surface area (Å²) in [6.07, 6.45) is 1.12. The van der Waals surface area contributed by atoms with Gasteiger partial charge in [-0.15, -0.1) is 0 Å². The summed E-state index contributed by atoms with van der Waals surface area (Å²) in [4.78, 5) is 2.48. The molecule has 0 saturated carbocycles. The largest absolute Gasteiger partial charge is 0.383 e. The number of methoxy groups -OCH3 is 1.